The zero-order valence-corrected chi connectivity index (χ0v) is 11.3. The van der Waals surface area contributed by atoms with Crippen LogP contribution >= 0.6 is 0 Å². The van der Waals surface area contributed by atoms with Crippen molar-refractivity contribution in [2.24, 2.45) is 0 Å². The maximum absolute atomic E-state index is 13.1. The number of ether oxygens (including phenoxy) is 2. The second-order valence-corrected chi connectivity index (χ2v) is 4.95. The lowest BCUT2D eigenvalue weighted by molar-refractivity contribution is -0.137. The Hall–Kier alpha value is -1.85. The fourth-order valence-electron chi connectivity index (χ4n) is 2.49. The van der Waals surface area contributed by atoms with E-state index in [1.165, 1.54) is 26.4 Å². The number of methoxy groups -OCH3 is 2. The van der Waals surface area contributed by atoms with Crippen LogP contribution in [0.1, 0.15) is 36.8 Å². The van der Waals surface area contributed by atoms with Gasteiger partial charge in [-0.3, -0.25) is 4.79 Å². The predicted octanol–water partition coefficient (Wildman–Crippen LogP) is 3.15. The van der Waals surface area contributed by atoms with E-state index in [9.17, 15) is 13.6 Å². The van der Waals surface area contributed by atoms with Crippen LogP contribution < -0.4 is 9.47 Å². The molecule has 0 heterocycles. The first-order chi connectivity index (χ1) is 9.43. The molecule has 0 amide bonds. The molecule has 1 aliphatic carbocycles. The van der Waals surface area contributed by atoms with Gasteiger partial charge in [0, 0.05) is 17.0 Å². The average Bonchev–Trinajstić information content (AvgIpc) is 3.16. The van der Waals surface area contributed by atoms with Crippen LogP contribution in [0.5, 0.6) is 11.5 Å². The molecule has 1 fully saturated rings. The molecule has 2 rings (SSSR count). The van der Waals surface area contributed by atoms with Crippen molar-refractivity contribution in [2.75, 3.05) is 14.2 Å². The molecule has 0 aliphatic heterocycles. The van der Waals surface area contributed by atoms with Crippen molar-refractivity contribution in [2.45, 2.75) is 31.1 Å². The monoisotopic (exact) mass is 286 g/mol. The summed E-state index contributed by atoms with van der Waals surface area (Å²) in [5, 5.41) is 8.98. The van der Waals surface area contributed by atoms with Gasteiger partial charge < -0.3 is 14.6 Å². The maximum atomic E-state index is 13.1. The number of alkyl halides is 2. The normalized spacial score (nSPS) is 16.1. The molecule has 1 saturated carbocycles. The molecule has 110 valence electrons. The van der Waals surface area contributed by atoms with E-state index >= 15 is 0 Å². The molecule has 0 atom stereocenters. The lowest BCUT2D eigenvalue weighted by Gasteiger charge is -2.20. The van der Waals surface area contributed by atoms with Crippen molar-refractivity contribution in [3.63, 3.8) is 0 Å². The fraction of sp³-hybridized carbons (Fsp3) is 0.500. The van der Waals surface area contributed by atoms with E-state index in [2.05, 4.69) is 0 Å². The fourth-order valence-corrected chi connectivity index (χ4v) is 2.49. The van der Waals surface area contributed by atoms with E-state index in [1.807, 2.05) is 0 Å². The van der Waals surface area contributed by atoms with Crippen molar-refractivity contribution in [1.29, 1.82) is 0 Å². The van der Waals surface area contributed by atoms with Crippen LogP contribution in [0.15, 0.2) is 12.1 Å². The summed E-state index contributed by atoms with van der Waals surface area (Å²) in [5.41, 5.74) is -0.300. The minimum Gasteiger partial charge on any atom is -0.496 e. The Morgan fingerprint density at radius 3 is 2.30 bits per heavy atom. The summed E-state index contributed by atoms with van der Waals surface area (Å²) in [6.07, 6.45) is -1.46. The van der Waals surface area contributed by atoms with Crippen LogP contribution in [0, 0.1) is 0 Å². The molecule has 1 aliphatic rings. The quantitative estimate of drug-likeness (QED) is 0.872. The van der Waals surface area contributed by atoms with Crippen LogP contribution in [0.4, 0.5) is 8.78 Å². The third-order valence-electron chi connectivity index (χ3n) is 3.70. The first-order valence-corrected chi connectivity index (χ1v) is 6.20. The minimum absolute atomic E-state index is 0.0479. The molecule has 0 unspecified atom stereocenters. The smallest absolute Gasteiger partial charge is 0.304 e. The number of rotatable bonds is 6. The Labute approximate surface area is 115 Å². The Bertz CT molecular complexity index is 524. The largest absolute Gasteiger partial charge is 0.496 e. The van der Waals surface area contributed by atoms with Crippen LogP contribution in [-0.2, 0) is 10.2 Å². The summed E-state index contributed by atoms with van der Waals surface area (Å²) in [6.45, 7) is 0. The van der Waals surface area contributed by atoms with E-state index in [0.717, 1.165) is 0 Å². The van der Waals surface area contributed by atoms with Gasteiger partial charge in [0.05, 0.1) is 26.2 Å². The van der Waals surface area contributed by atoms with Gasteiger partial charge in [-0.2, -0.15) is 0 Å². The minimum atomic E-state index is -2.68. The molecule has 1 aromatic carbocycles. The number of aliphatic carboxylic acids is 1. The second kappa shape index (κ2) is 5.26. The second-order valence-electron chi connectivity index (χ2n) is 4.95. The summed E-state index contributed by atoms with van der Waals surface area (Å²) in [5.74, 6) is -0.504. The molecular formula is C14H16F2O4. The van der Waals surface area contributed by atoms with Crippen molar-refractivity contribution in [1.82, 2.24) is 0 Å². The number of carbonyl (C=O) groups is 1. The Balaban J connectivity index is 2.51. The number of hydrogen-bond acceptors (Lipinski definition) is 3. The molecule has 1 aromatic rings. The highest BCUT2D eigenvalue weighted by Crippen LogP contribution is 2.55. The molecule has 1 N–H and O–H groups in total. The Morgan fingerprint density at radius 2 is 1.90 bits per heavy atom. The van der Waals surface area contributed by atoms with Crippen LogP contribution in [0.25, 0.3) is 0 Å². The number of halogens is 2. The van der Waals surface area contributed by atoms with E-state index in [4.69, 9.17) is 14.6 Å². The van der Waals surface area contributed by atoms with E-state index in [0.29, 0.717) is 24.2 Å². The van der Waals surface area contributed by atoms with Crippen molar-refractivity contribution in [3.05, 3.63) is 23.3 Å². The summed E-state index contributed by atoms with van der Waals surface area (Å²) in [6, 6.07) is 2.72. The summed E-state index contributed by atoms with van der Waals surface area (Å²) in [4.78, 5) is 11.0. The molecule has 6 heteroatoms. The highest BCUT2D eigenvalue weighted by molar-refractivity contribution is 5.71. The highest BCUT2D eigenvalue weighted by atomic mass is 19.3. The summed E-state index contributed by atoms with van der Waals surface area (Å²) < 4.78 is 36.3. The van der Waals surface area contributed by atoms with Gasteiger partial charge in [0.2, 0.25) is 0 Å². The van der Waals surface area contributed by atoms with Crippen LogP contribution in [0.2, 0.25) is 0 Å². The van der Waals surface area contributed by atoms with Crippen LogP contribution in [-0.4, -0.2) is 25.3 Å². The van der Waals surface area contributed by atoms with Gasteiger partial charge in [-0.05, 0) is 18.9 Å². The number of carboxylic acid groups (broad SMARTS) is 1. The highest BCUT2D eigenvalue weighted by Gasteiger charge is 2.48. The molecule has 0 radical (unpaired) electrons. The predicted molar refractivity (Wildman–Crippen MR) is 67.7 cm³/mol. The third kappa shape index (κ3) is 2.55. The topological polar surface area (TPSA) is 55.8 Å². The zero-order valence-electron chi connectivity index (χ0n) is 11.3. The molecule has 0 saturated heterocycles. The Morgan fingerprint density at radius 1 is 1.30 bits per heavy atom. The van der Waals surface area contributed by atoms with E-state index in [-0.39, 0.29) is 17.7 Å². The van der Waals surface area contributed by atoms with Crippen LogP contribution in [0.3, 0.4) is 0 Å². The number of carboxylic acids is 1. The van der Waals surface area contributed by atoms with Gasteiger partial charge in [-0.25, -0.2) is 8.78 Å². The van der Waals surface area contributed by atoms with E-state index in [1.54, 1.807) is 0 Å². The van der Waals surface area contributed by atoms with Gasteiger partial charge >= 0.3 is 5.97 Å². The summed E-state index contributed by atoms with van der Waals surface area (Å²) in [7, 11) is 2.74. The molecule has 0 spiro atoms. The molecular weight excluding hydrogens is 270 g/mol. The van der Waals surface area contributed by atoms with Gasteiger partial charge in [0.1, 0.15) is 11.5 Å². The standard InChI is InChI=1S/C14H16F2O4/c1-19-10-6-11(20-2)9(5-8(10)13(15)16)14(3-4-14)7-12(17)18/h5-6,13H,3-4,7H2,1-2H3,(H,17,18). The lowest BCUT2D eigenvalue weighted by atomic mass is 9.90. The first kappa shape index (κ1) is 14.6. The molecule has 4 nitrogen and oxygen atoms in total. The van der Waals surface area contributed by atoms with Gasteiger partial charge in [0.15, 0.2) is 0 Å². The first-order valence-electron chi connectivity index (χ1n) is 6.20. The molecule has 0 aromatic heterocycles. The van der Waals surface area contributed by atoms with Crippen molar-refractivity contribution >= 4 is 5.97 Å². The zero-order chi connectivity index (χ0) is 14.9. The maximum Gasteiger partial charge on any atom is 0.304 e. The van der Waals surface area contributed by atoms with Crippen molar-refractivity contribution < 1.29 is 28.2 Å². The summed E-state index contributed by atoms with van der Waals surface area (Å²) >= 11 is 0. The number of benzene rings is 1. The SMILES string of the molecule is COc1cc(OC)c(C2(CC(=O)O)CC2)cc1C(F)F. The van der Waals surface area contributed by atoms with Gasteiger partial charge in [-0.1, -0.05) is 0 Å². The lowest BCUT2D eigenvalue weighted by Crippen LogP contribution is -2.15. The average molecular weight is 286 g/mol. The molecule has 0 bridgehead atoms. The third-order valence-corrected chi connectivity index (χ3v) is 3.70. The Kier molecular flexibility index (Phi) is 3.83. The van der Waals surface area contributed by atoms with E-state index < -0.39 is 17.8 Å². The number of hydrogen-bond donors (Lipinski definition) is 1. The van der Waals surface area contributed by atoms with Crippen molar-refractivity contribution in [3.8, 4) is 11.5 Å². The van der Waals surface area contributed by atoms with Gasteiger partial charge in [-0.15, -0.1) is 0 Å². The van der Waals surface area contributed by atoms with Gasteiger partial charge in [0.25, 0.3) is 6.43 Å². The molecule has 20 heavy (non-hydrogen) atoms.